The van der Waals surface area contributed by atoms with Crippen LogP contribution in [0, 0.1) is 17.2 Å². The molecule has 0 fully saturated rings. The average molecular weight is 626 g/mol. The Kier molecular flexibility index (Phi) is 9.04. The molecule has 6 rings (SSSR count). The molecule has 0 aliphatic carbocycles. The van der Waals surface area contributed by atoms with E-state index < -0.39 is 11.9 Å². The minimum atomic E-state index is -0.788. The van der Waals surface area contributed by atoms with Gasteiger partial charge < -0.3 is 14.8 Å². The number of carbonyl (C=O) groups is 1. The maximum atomic E-state index is 15.5. The van der Waals surface area contributed by atoms with Crippen molar-refractivity contribution in [2.45, 2.75) is 58.9 Å². The van der Waals surface area contributed by atoms with Crippen LogP contribution in [0.5, 0.6) is 11.5 Å². The number of carboxylic acids is 1. The predicted molar refractivity (Wildman–Crippen MR) is 180 cm³/mol. The van der Waals surface area contributed by atoms with Gasteiger partial charge in [0.2, 0.25) is 0 Å². The Labute approximate surface area is 268 Å². The molecule has 8 heteroatoms. The van der Waals surface area contributed by atoms with Crippen LogP contribution in [0.4, 0.5) is 4.39 Å². The SMILES string of the molecule is CC(Cc1cccc(C2CCCC(C)(C)CSCCc3c(c(F)cc4[nH]ccc34)Oc3cccc(c3)-c3ccn2n3)c1)C(=O)O. The first-order valence-electron chi connectivity index (χ1n) is 15.7. The number of ether oxygens (including phenoxy) is 1. The Morgan fingerprint density at radius 2 is 2.02 bits per heavy atom. The standard InChI is InChI=1S/C37H40FN3O3S/c1-24(36(42)43)19-25-7-4-9-27(20-25)34-11-6-15-37(2,3)23-45-18-14-30-29-12-16-39-33(29)22-31(38)35(30)44-28-10-5-8-26(21-28)32-13-17-41(34)40-32/h4-5,7-10,12-13,16-17,20-22,24,34,39H,6,11,14-15,18-19,23H2,1-3H3,(H,42,43). The molecule has 0 amide bonds. The number of thioether (sulfide) groups is 1. The maximum Gasteiger partial charge on any atom is 0.306 e. The third-order valence-corrected chi connectivity index (χ3v) is 10.2. The minimum absolute atomic E-state index is 0.00494. The lowest BCUT2D eigenvalue weighted by Crippen LogP contribution is -2.18. The molecule has 2 unspecified atom stereocenters. The predicted octanol–water partition coefficient (Wildman–Crippen LogP) is 9.30. The van der Waals surface area contributed by atoms with Gasteiger partial charge in [-0.25, -0.2) is 4.39 Å². The third-order valence-electron chi connectivity index (χ3n) is 8.76. The summed E-state index contributed by atoms with van der Waals surface area (Å²) in [7, 11) is 0. The quantitative estimate of drug-likeness (QED) is 0.208. The summed E-state index contributed by atoms with van der Waals surface area (Å²) in [6.45, 7) is 6.39. The highest BCUT2D eigenvalue weighted by molar-refractivity contribution is 7.99. The van der Waals surface area contributed by atoms with E-state index in [0.717, 1.165) is 69.6 Å². The van der Waals surface area contributed by atoms with E-state index >= 15 is 4.39 Å². The molecule has 3 aromatic carbocycles. The second-order valence-electron chi connectivity index (χ2n) is 13.0. The molecule has 6 nitrogen and oxygen atoms in total. The van der Waals surface area contributed by atoms with Gasteiger partial charge in [-0.3, -0.25) is 9.48 Å². The number of aliphatic carboxylic acids is 1. The first-order valence-corrected chi connectivity index (χ1v) is 16.8. The van der Waals surface area contributed by atoms with Gasteiger partial charge in [-0.15, -0.1) is 0 Å². The van der Waals surface area contributed by atoms with Gasteiger partial charge in [0, 0.05) is 40.5 Å². The summed E-state index contributed by atoms with van der Waals surface area (Å²) in [4.78, 5) is 14.7. The fraction of sp³-hybridized carbons (Fsp3) is 0.351. The molecule has 1 aliphatic rings. The summed E-state index contributed by atoms with van der Waals surface area (Å²) in [5.41, 5.74) is 5.61. The van der Waals surface area contributed by atoms with Gasteiger partial charge in [-0.05, 0) is 78.0 Å². The first kappa shape index (κ1) is 31.0. The van der Waals surface area contributed by atoms with Crippen molar-refractivity contribution in [1.29, 1.82) is 0 Å². The molecule has 4 bridgehead atoms. The van der Waals surface area contributed by atoms with Crippen LogP contribution in [0.1, 0.15) is 62.8 Å². The number of hydrogen-bond donors (Lipinski definition) is 2. The molecule has 2 atom stereocenters. The Morgan fingerprint density at radius 1 is 1.18 bits per heavy atom. The Hall–Kier alpha value is -4.04. The monoisotopic (exact) mass is 625 g/mol. The molecule has 1 aliphatic heterocycles. The smallest absolute Gasteiger partial charge is 0.306 e. The fourth-order valence-corrected chi connectivity index (χ4v) is 7.46. The van der Waals surface area contributed by atoms with Crippen LogP contribution < -0.4 is 4.74 Å². The second kappa shape index (κ2) is 13.1. The number of rotatable bonds is 4. The van der Waals surface area contributed by atoms with Crippen molar-refractivity contribution < 1.29 is 19.0 Å². The van der Waals surface area contributed by atoms with Crippen LogP contribution in [-0.4, -0.2) is 37.3 Å². The number of hydrogen-bond acceptors (Lipinski definition) is 4. The van der Waals surface area contributed by atoms with E-state index in [1.54, 1.807) is 6.92 Å². The number of nitrogens with one attached hydrogen (secondary N) is 1. The van der Waals surface area contributed by atoms with E-state index in [1.165, 1.54) is 6.07 Å². The number of nitrogens with zero attached hydrogens (tertiary/aromatic N) is 2. The van der Waals surface area contributed by atoms with Crippen molar-refractivity contribution >= 4 is 28.6 Å². The van der Waals surface area contributed by atoms with Crippen LogP contribution in [0.2, 0.25) is 0 Å². The van der Waals surface area contributed by atoms with Crippen LogP contribution in [0.15, 0.2) is 79.1 Å². The molecular formula is C37H40FN3O3S. The van der Waals surface area contributed by atoms with Crippen LogP contribution in [0.25, 0.3) is 22.2 Å². The highest BCUT2D eigenvalue weighted by atomic mass is 32.2. The van der Waals surface area contributed by atoms with Gasteiger partial charge in [0.05, 0.1) is 17.7 Å². The summed E-state index contributed by atoms with van der Waals surface area (Å²) in [5.74, 6) is 1.08. The lowest BCUT2D eigenvalue weighted by molar-refractivity contribution is -0.141. The fourth-order valence-electron chi connectivity index (χ4n) is 6.27. The molecular weight excluding hydrogens is 585 g/mol. The van der Waals surface area contributed by atoms with Crippen LogP contribution >= 0.6 is 11.8 Å². The molecule has 234 valence electrons. The number of carboxylic acid groups (broad SMARTS) is 1. The van der Waals surface area contributed by atoms with Crippen molar-refractivity contribution in [3.05, 3.63) is 102 Å². The van der Waals surface area contributed by atoms with Gasteiger partial charge in [0.15, 0.2) is 11.6 Å². The Balaban J connectivity index is 1.38. The lowest BCUT2D eigenvalue weighted by Gasteiger charge is -2.26. The third kappa shape index (κ3) is 7.12. The van der Waals surface area contributed by atoms with E-state index in [4.69, 9.17) is 9.84 Å². The first-order chi connectivity index (χ1) is 21.7. The molecule has 45 heavy (non-hydrogen) atoms. The number of aryl methyl sites for hydroxylation is 1. The van der Waals surface area contributed by atoms with Crippen molar-refractivity contribution in [3.63, 3.8) is 0 Å². The number of benzene rings is 3. The number of aromatic amines is 1. The molecule has 3 heterocycles. The Morgan fingerprint density at radius 3 is 2.87 bits per heavy atom. The van der Waals surface area contributed by atoms with Crippen molar-refractivity contribution in [1.82, 2.24) is 14.8 Å². The van der Waals surface area contributed by atoms with Gasteiger partial charge in [0.1, 0.15) is 5.75 Å². The number of fused-ring (bicyclic) bond motifs is 8. The van der Waals surface area contributed by atoms with Gasteiger partial charge in [-0.2, -0.15) is 16.9 Å². The summed E-state index contributed by atoms with van der Waals surface area (Å²) in [6.07, 6.45) is 8.04. The van der Waals surface area contributed by atoms with Crippen molar-refractivity contribution in [2.75, 3.05) is 11.5 Å². The van der Waals surface area contributed by atoms with E-state index in [-0.39, 0.29) is 23.0 Å². The second-order valence-corrected chi connectivity index (χ2v) is 14.1. The minimum Gasteiger partial charge on any atom is -0.481 e. The lowest BCUT2D eigenvalue weighted by atomic mass is 9.87. The average Bonchev–Trinajstić information content (AvgIpc) is 3.69. The number of halogens is 1. The zero-order valence-corrected chi connectivity index (χ0v) is 26.9. The van der Waals surface area contributed by atoms with Gasteiger partial charge in [-0.1, -0.05) is 63.6 Å². The zero-order chi connectivity index (χ0) is 31.6. The number of aromatic nitrogens is 3. The zero-order valence-electron chi connectivity index (χ0n) is 26.1. The van der Waals surface area contributed by atoms with Crippen LogP contribution in [0.3, 0.4) is 0 Å². The molecule has 2 N–H and O–H groups in total. The van der Waals surface area contributed by atoms with E-state index in [9.17, 15) is 9.90 Å². The van der Waals surface area contributed by atoms with Crippen molar-refractivity contribution in [2.24, 2.45) is 11.3 Å². The molecule has 5 aromatic rings. The highest BCUT2D eigenvalue weighted by Crippen LogP contribution is 2.38. The molecule has 0 spiro atoms. The summed E-state index contributed by atoms with van der Waals surface area (Å²) >= 11 is 1.90. The largest absolute Gasteiger partial charge is 0.481 e. The topological polar surface area (TPSA) is 80.1 Å². The summed E-state index contributed by atoms with van der Waals surface area (Å²) in [6, 6.07) is 21.5. The molecule has 0 radical (unpaired) electrons. The summed E-state index contributed by atoms with van der Waals surface area (Å²) in [5, 5.41) is 15.5. The molecule has 0 saturated heterocycles. The Bertz CT molecular complexity index is 1810. The maximum absolute atomic E-state index is 15.5. The normalized spacial score (nSPS) is 17.9. The van der Waals surface area contributed by atoms with Crippen LogP contribution in [-0.2, 0) is 17.6 Å². The van der Waals surface area contributed by atoms with Gasteiger partial charge >= 0.3 is 5.97 Å². The van der Waals surface area contributed by atoms with E-state index in [0.29, 0.717) is 18.6 Å². The summed E-state index contributed by atoms with van der Waals surface area (Å²) < 4.78 is 23.9. The highest BCUT2D eigenvalue weighted by Gasteiger charge is 2.23. The van der Waals surface area contributed by atoms with Gasteiger partial charge in [0.25, 0.3) is 0 Å². The van der Waals surface area contributed by atoms with E-state index in [1.807, 2.05) is 77.4 Å². The van der Waals surface area contributed by atoms with Crippen molar-refractivity contribution in [3.8, 4) is 22.8 Å². The number of H-pyrrole nitrogens is 1. The molecule has 0 saturated carbocycles. The van der Waals surface area contributed by atoms with E-state index in [2.05, 4.69) is 31.0 Å². The molecule has 2 aromatic heterocycles.